The molecule has 2 unspecified atom stereocenters. The van der Waals surface area contributed by atoms with Crippen molar-refractivity contribution in [2.75, 3.05) is 5.88 Å². The van der Waals surface area contributed by atoms with Gasteiger partial charge in [0.15, 0.2) is 0 Å². The number of amides is 3. The molecule has 1 aliphatic rings. The summed E-state index contributed by atoms with van der Waals surface area (Å²) in [5.41, 5.74) is 7.41. The summed E-state index contributed by atoms with van der Waals surface area (Å²) in [5.74, 6) is -1.02. The van der Waals surface area contributed by atoms with E-state index in [4.69, 9.17) is 5.73 Å². The summed E-state index contributed by atoms with van der Waals surface area (Å²) in [6.07, 6.45) is -0.334. The van der Waals surface area contributed by atoms with Crippen LogP contribution in [0, 0.1) is 0 Å². The van der Waals surface area contributed by atoms with Gasteiger partial charge in [-0.05, 0) is 43.9 Å². The number of primary amides is 1. The van der Waals surface area contributed by atoms with E-state index in [1.165, 1.54) is 16.7 Å². The highest BCUT2D eigenvalue weighted by atomic mass is 32.2. The molecule has 2 aromatic carbocycles. The standard InChI is InChI=1S/C24H29N3O4S/c1-24(2)20(22(30)26-14-17-10-6-7-11-18(17)21(25)29)27(15-32-24)23(31)19(28)13-12-16-8-4-3-5-9-16/h3-11,19-20,28H,12-15H2,1-2H3,(H2,25,29)(H,26,30). The van der Waals surface area contributed by atoms with Crippen LogP contribution < -0.4 is 11.1 Å². The summed E-state index contributed by atoms with van der Waals surface area (Å²) in [6.45, 7) is 3.93. The van der Waals surface area contributed by atoms with Crippen LogP contribution in [0.5, 0.6) is 0 Å². The fraction of sp³-hybridized carbons (Fsp3) is 0.375. The largest absolute Gasteiger partial charge is 0.383 e. The number of thioether (sulfide) groups is 1. The minimum atomic E-state index is -1.18. The number of nitrogens with one attached hydrogen (secondary N) is 1. The molecule has 0 aliphatic carbocycles. The Bertz CT molecular complexity index is 980. The van der Waals surface area contributed by atoms with Gasteiger partial charge in [0.05, 0.1) is 5.88 Å². The highest BCUT2D eigenvalue weighted by molar-refractivity contribution is 8.00. The SMILES string of the molecule is CC1(C)SCN(C(=O)C(O)CCc2ccccc2)C1C(=O)NCc1ccccc1C(N)=O. The Morgan fingerprint density at radius 2 is 1.81 bits per heavy atom. The molecule has 3 amide bonds. The van der Waals surface area contributed by atoms with Crippen LogP contribution in [0.3, 0.4) is 0 Å². The van der Waals surface area contributed by atoms with Crippen molar-refractivity contribution in [3.63, 3.8) is 0 Å². The van der Waals surface area contributed by atoms with Crippen molar-refractivity contribution in [3.05, 3.63) is 71.3 Å². The number of aryl methyl sites for hydroxylation is 1. The second-order valence-electron chi connectivity index (χ2n) is 8.37. The Morgan fingerprint density at radius 1 is 1.16 bits per heavy atom. The van der Waals surface area contributed by atoms with Crippen LogP contribution in [-0.2, 0) is 22.6 Å². The maximum Gasteiger partial charge on any atom is 0.252 e. The van der Waals surface area contributed by atoms with Crippen molar-refractivity contribution >= 4 is 29.5 Å². The molecule has 0 bridgehead atoms. The normalized spacial score (nSPS) is 18.2. The van der Waals surface area contributed by atoms with Crippen LogP contribution in [0.2, 0.25) is 0 Å². The Hall–Kier alpha value is -2.84. The summed E-state index contributed by atoms with van der Waals surface area (Å²) < 4.78 is -0.526. The molecule has 1 saturated heterocycles. The van der Waals surface area contributed by atoms with Crippen molar-refractivity contribution in [2.45, 2.75) is 50.1 Å². The average molecular weight is 456 g/mol. The van der Waals surface area contributed by atoms with Crippen LogP contribution in [0.15, 0.2) is 54.6 Å². The number of nitrogens with two attached hydrogens (primary N) is 1. The van der Waals surface area contributed by atoms with Gasteiger partial charge in [-0.2, -0.15) is 0 Å². The lowest BCUT2D eigenvalue weighted by atomic mass is 9.99. The molecule has 170 valence electrons. The van der Waals surface area contributed by atoms with Crippen molar-refractivity contribution in [1.82, 2.24) is 10.2 Å². The van der Waals surface area contributed by atoms with Gasteiger partial charge in [0, 0.05) is 16.9 Å². The number of nitrogens with zero attached hydrogens (tertiary/aromatic N) is 1. The third kappa shape index (κ3) is 5.49. The number of carbonyl (C=O) groups is 3. The molecule has 0 saturated carbocycles. The number of benzene rings is 2. The number of aliphatic hydroxyl groups is 1. The first-order valence-corrected chi connectivity index (χ1v) is 11.5. The number of hydrogen-bond donors (Lipinski definition) is 3. The van der Waals surface area contributed by atoms with Gasteiger partial charge in [-0.3, -0.25) is 14.4 Å². The molecule has 0 radical (unpaired) electrons. The first-order valence-electron chi connectivity index (χ1n) is 10.5. The van der Waals surface area contributed by atoms with E-state index >= 15 is 0 Å². The third-order valence-corrected chi connectivity index (χ3v) is 7.02. The molecule has 3 rings (SSSR count). The molecule has 1 aliphatic heterocycles. The summed E-state index contributed by atoms with van der Waals surface area (Å²) in [4.78, 5) is 39.2. The zero-order chi connectivity index (χ0) is 23.3. The molecule has 1 fully saturated rings. The van der Waals surface area contributed by atoms with Crippen LogP contribution in [0.25, 0.3) is 0 Å². The minimum absolute atomic E-state index is 0.119. The molecule has 0 aromatic heterocycles. The highest BCUT2D eigenvalue weighted by Crippen LogP contribution is 2.39. The first kappa shape index (κ1) is 23.8. The molecule has 7 nitrogen and oxygen atoms in total. The fourth-order valence-corrected chi connectivity index (χ4v) is 5.01. The molecule has 2 aromatic rings. The quantitative estimate of drug-likeness (QED) is 0.564. The zero-order valence-electron chi connectivity index (χ0n) is 18.3. The van der Waals surface area contributed by atoms with E-state index in [-0.39, 0.29) is 18.9 Å². The van der Waals surface area contributed by atoms with Crippen molar-refractivity contribution < 1.29 is 19.5 Å². The number of carbonyl (C=O) groups excluding carboxylic acids is 3. The van der Waals surface area contributed by atoms with E-state index in [0.717, 1.165) is 5.56 Å². The lowest BCUT2D eigenvalue weighted by Gasteiger charge is -2.31. The van der Waals surface area contributed by atoms with Crippen molar-refractivity contribution in [2.24, 2.45) is 5.73 Å². The van der Waals surface area contributed by atoms with E-state index < -0.39 is 28.7 Å². The summed E-state index contributed by atoms with van der Waals surface area (Å²) in [6, 6.07) is 15.7. The molecule has 2 atom stereocenters. The molecule has 0 spiro atoms. The lowest BCUT2D eigenvalue weighted by molar-refractivity contribution is -0.146. The zero-order valence-corrected chi connectivity index (χ0v) is 19.1. The molecule has 8 heteroatoms. The van der Waals surface area contributed by atoms with E-state index in [1.807, 2.05) is 44.2 Å². The Kier molecular flexibility index (Phi) is 7.58. The highest BCUT2D eigenvalue weighted by Gasteiger charge is 2.48. The molecule has 4 N–H and O–H groups in total. The number of hydrogen-bond acceptors (Lipinski definition) is 5. The van der Waals surface area contributed by atoms with Gasteiger partial charge >= 0.3 is 0 Å². The second-order valence-corrected chi connectivity index (χ2v) is 9.97. The van der Waals surface area contributed by atoms with E-state index in [2.05, 4.69) is 5.32 Å². The van der Waals surface area contributed by atoms with Crippen LogP contribution in [-0.4, -0.2) is 50.5 Å². The Labute approximate surface area is 192 Å². The predicted molar refractivity (Wildman–Crippen MR) is 125 cm³/mol. The average Bonchev–Trinajstić information content (AvgIpc) is 3.11. The first-order chi connectivity index (χ1) is 15.2. The molecular weight excluding hydrogens is 426 g/mol. The second kappa shape index (κ2) is 10.2. The van der Waals surface area contributed by atoms with Gasteiger partial charge in [0.1, 0.15) is 12.1 Å². The maximum atomic E-state index is 13.1. The smallest absolute Gasteiger partial charge is 0.252 e. The molecular formula is C24H29N3O4S. The summed E-state index contributed by atoms with van der Waals surface area (Å²) in [5, 5.41) is 13.4. The molecule has 1 heterocycles. The van der Waals surface area contributed by atoms with E-state index in [0.29, 0.717) is 23.4 Å². The summed E-state index contributed by atoms with van der Waals surface area (Å²) in [7, 11) is 0. The number of rotatable bonds is 8. The lowest BCUT2D eigenvalue weighted by Crippen LogP contribution is -2.55. The van der Waals surface area contributed by atoms with Crippen LogP contribution >= 0.6 is 11.8 Å². The minimum Gasteiger partial charge on any atom is -0.383 e. The predicted octanol–water partition coefficient (Wildman–Crippen LogP) is 2.08. The third-order valence-electron chi connectivity index (χ3n) is 5.65. The molecule has 32 heavy (non-hydrogen) atoms. The van der Waals surface area contributed by atoms with Crippen LogP contribution in [0.1, 0.15) is 41.8 Å². The Balaban J connectivity index is 1.67. The van der Waals surface area contributed by atoms with E-state index in [9.17, 15) is 19.5 Å². The van der Waals surface area contributed by atoms with Crippen LogP contribution in [0.4, 0.5) is 0 Å². The van der Waals surface area contributed by atoms with Gasteiger partial charge in [0.25, 0.3) is 5.91 Å². The van der Waals surface area contributed by atoms with Gasteiger partial charge in [-0.15, -0.1) is 11.8 Å². The van der Waals surface area contributed by atoms with Gasteiger partial charge in [-0.1, -0.05) is 48.5 Å². The maximum absolute atomic E-state index is 13.1. The monoisotopic (exact) mass is 455 g/mol. The van der Waals surface area contributed by atoms with Crippen molar-refractivity contribution in [1.29, 1.82) is 0 Å². The Morgan fingerprint density at radius 3 is 2.50 bits per heavy atom. The van der Waals surface area contributed by atoms with Gasteiger partial charge in [0.2, 0.25) is 11.8 Å². The summed E-state index contributed by atoms with van der Waals surface area (Å²) >= 11 is 1.49. The number of aliphatic hydroxyl groups excluding tert-OH is 1. The van der Waals surface area contributed by atoms with E-state index in [1.54, 1.807) is 24.3 Å². The van der Waals surface area contributed by atoms with Gasteiger partial charge in [-0.25, -0.2) is 0 Å². The topological polar surface area (TPSA) is 113 Å². The van der Waals surface area contributed by atoms with Gasteiger partial charge < -0.3 is 21.1 Å². The fourth-order valence-electron chi connectivity index (χ4n) is 3.87. The van der Waals surface area contributed by atoms with Crippen molar-refractivity contribution in [3.8, 4) is 0 Å².